The van der Waals surface area contributed by atoms with Gasteiger partial charge in [0.05, 0.1) is 5.69 Å². The number of nitrogens with zero attached hydrogens (tertiary/aromatic N) is 1. The van der Waals surface area contributed by atoms with Gasteiger partial charge in [0.1, 0.15) is 0 Å². The minimum absolute atomic E-state index is 0.184. The summed E-state index contributed by atoms with van der Waals surface area (Å²) >= 11 is 4.76. The summed E-state index contributed by atoms with van der Waals surface area (Å²) in [5.74, 6) is -0.458. The highest BCUT2D eigenvalue weighted by atomic mass is 79.9. The molecular weight excluding hydrogens is 402 g/mol. The van der Waals surface area contributed by atoms with Crippen LogP contribution in [0.15, 0.2) is 58.4 Å². The highest BCUT2D eigenvalue weighted by Gasteiger charge is 2.11. The normalized spacial score (nSPS) is 10.3. The molecule has 3 rings (SSSR count). The monoisotopic (exact) mass is 415 g/mol. The van der Waals surface area contributed by atoms with Gasteiger partial charge in [-0.05, 0) is 30.3 Å². The quantitative estimate of drug-likeness (QED) is 0.643. The van der Waals surface area contributed by atoms with Crippen LogP contribution in [0.1, 0.15) is 17.3 Å². The molecule has 126 valence electrons. The van der Waals surface area contributed by atoms with Crippen LogP contribution in [0, 0.1) is 0 Å². The molecule has 25 heavy (non-hydrogen) atoms. The minimum atomic E-state index is -0.274. The molecule has 0 saturated carbocycles. The van der Waals surface area contributed by atoms with Crippen LogP contribution < -0.4 is 10.6 Å². The molecule has 0 bridgehead atoms. The van der Waals surface area contributed by atoms with Crippen LogP contribution in [0.4, 0.5) is 10.8 Å². The van der Waals surface area contributed by atoms with Gasteiger partial charge in [0.15, 0.2) is 5.13 Å². The summed E-state index contributed by atoms with van der Waals surface area (Å²) < 4.78 is 0.999. The number of anilines is 2. The number of aromatic nitrogens is 1. The van der Waals surface area contributed by atoms with Crippen LogP contribution in [-0.4, -0.2) is 16.8 Å². The Bertz CT molecular complexity index is 922. The fourth-order valence-corrected chi connectivity index (χ4v) is 3.17. The first-order valence-corrected chi connectivity index (χ1v) is 9.09. The molecule has 3 aromatic rings. The van der Waals surface area contributed by atoms with E-state index in [4.69, 9.17) is 0 Å². The predicted molar refractivity (Wildman–Crippen MR) is 104 cm³/mol. The number of amides is 2. The van der Waals surface area contributed by atoms with E-state index in [2.05, 4.69) is 31.5 Å². The largest absolute Gasteiger partial charge is 0.326 e. The highest BCUT2D eigenvalue weighted by molar-refractivity contribution is 9.10. The molecule has 0 atom stereocenters. The van der Waals surface area contributed by atoms with Crippen molar-refractivity contribution < 1.29 is 9.59 Å². The molecule has 0 aliphatic rings. The lowest BCUT2D eigenvalue weighted by atomic mass is 10.2. The zero-order chi connectivity index (χ0) is 17.8. The van der Waals surface area contributed by atoms with Gasteiger partial charge in [-0.2, -0.15) is 0 Å². The van der Waals surface area contributed by atoms with Crippen molar-refractivity contribution in [1.82, 2.24) is 4.98 Å². The zero-order valence-electron chi connectivity index (χ0n) is 13.2. The van der Waals surface area contributed by atoms with E-state index in [0.717, 1.165) is 15.7 Å². The van der Waals surface area contributed by atoms with Crippen molar-refractivity contribution in [3.63, 3.8) is 0 Å². The SMILES string of the molecule is CC(=O)Nc1cccc(C(=O)Nc2nc(-c3ccc(Br)cc3)cs2)c1. The molecule has 0 fully saturated rings. The summed E-state index contributed by atoms with van der Waals surface area (Å²) in [5.41, 5.74) is 2.81. The smallest absolute Gasteiger partial charge is 0.257 e. The van der Waals surface area contributed by atoms with Crippen molar-refractivity contribution in [2.24, 2.45) is 0 Å². The van der Waals surface area contributed by atoms with E-state index < -0.39 is 0 Å². The molecule has 1 aromatic heterocycles. The van der Waals surface area contributed by atoms with Gasteiger partial charge in [0, 0.05) is 33.6 Å². The summed E-state index contributed by atoms with van der Waals surface area (Å²) in [5, 5.41) is 7.86. The van der Waals surface area contributed by atoms with Gasteiger partial charge in [-0.25, -0.2) is 4.98 Å². The van der Waals surface area contributed by atoms with Crippen LogP contribution in [0.25, 0.3) is 11.3 Å². The maximum absolute atomic E-state index is 12.4. The first-order chi connectivity index (χ1) is 12.0. The molecule has 5 nitrogen and oxygen atoms in total. The third-order valence-electron chi connectivity index (χ3n) is 3.31. The summed E-state index contributed by atoms with van der Waals surface area (Å²) in [6.07, 6.45) is 0. The number of benzene rings is 2. The Morgan fingerprint density at radius 3 is 2.56 bits per heavy atom. The fraction of sp³-hybridized carbons (Fsp3) is 0.0556. The van der Waals surface area contributed by atoms with Crippen LogP contribution in [0.2, 0.25) is 0 Å². The molecule has 0 spiro atoms. The van der Waals surface area contributed by atoms with Gasteiger partial charge in [-0.15, -0.1) is 11.3 Å². The van der Waals surface area contributed by atoms with Crippen molar-refractivity contribution >= 4 is 49.9 Å². The Morgan fingerprint density at radius 2 is 1.84 bits per heavy atom. The Labute approximate surface area is 157 Å². The van der Waals surface area contributed by atoms with Gasteiger partial charge < -0.3 is 5.32 Å². The molecule has 0 unspecified atom stereocenters. The van der Waals surface area contributed by atoms with E-state index in [0.29, 0.717) is 16.4 Å². The third kappa shape index (κ3) is 4.52. The Morgan fingerprint density at radius 1 is 1.08 bits per heavy atom. The van der Waals surface area contributed by atoms with Gasteiger partial charge in [0.2, 0.25) is 5.91 Å². The molecular formula is C18H14BrN3O2S. The molecule has 2 N–H and O–H groups in total. The summed E-state index contributed by atoms with van der Waals surface area (Å²) in [7, 11) is 0. The average Bonchev–Trinajstić information content (AvgIpc) is 3.03. The second kappa shape index (κ2) is 7.58. The number of hydrogen-bond acceptors (Lipinski definition) is 4. The molecule has 0 aliphatic carbocycles. The summed E-state index contributed by atoms with van der Waals surface area (Å²) in [6.45, 7) is 1.42. The van der Waals surface area contributed by atoms with Gasteiger partial charge in [0.25, 0.3) is 5.91 Å². The van der Waals surface area contributed by atoms with E-state index >= 15 is 0 Å². The molecule has 0 saturated heterocycles. The molecule has 1 heterocycles. The first kappa shape index (κ1) is 17.3. The second-order valence-corrected chi connectivity index (χ2v) is 7.03. The second-order valence-electron chi connectivity index (χ2n) is 5.26. The van der Waals surface area contributed by atoms with Crippen molar-refractivity contribution in [2.75, 3.05) is 10.6 Å². The Hall–Kier alpha value is -2.51. The standard InChI is InChI=1S/C18H14BrN3O2S/c1-11(23)20-15-4-2-3-13(9-15)17(24)22-18-21-16(10-25-18)12-5-7-14(19)8-6-12/h2-10H,1H3,(H,20,23)(H,21,22,24). The Balaban J connectivity index is 1.73. The number of halogens is 1. The summed E-state index contributed by atoms with van der Waals surface area (Å²) in [4.78, 5) is 27.9. The van der Waals surface area contributed by atoms with Crippen molar-refractivity contribution in [2.45, 2.75) is 6.92 Å². The molecule has 2 aromatic carbocycles. The maximum atomic E-state index is 12.4. The van der Waals surface area contributed by atoms with Crippen molar-refractivity contribution in [1.29, 1.82) is 0 Å². The average molecular weight is 416 g/mol. The van der Waals surface area contributed by atoms with Crippen LogP contribution in [0.5, 0.6) is 0 Å². The summed E-state index contributed by atoms with van der Waals surface area (Å²) in [6, 6.07) is 14.6. The Kier molecular flexibility index (Phi) is 5.25. The third-order valence-corrected chi connectivity index (χ3v) is 4.60. The zero-order valence-corrected chi connectivity index (χ0v) is 15.6. The van der Waals surface area contributed by atoms with Crippen LogP contribution in [-0.2, 0) is 4.79 Å². The number of nitrogens with one attached hydrogen (secondary N) is 2. The lowest BCUT2D eigenvalue weighted by molar-refractivity contribution is -0.114. The minimum Gasteiger partial charge on any atom is -0.326 e. The molecule has 0 radical (unpaired) electrons. The molecule has 2 amide bonds. The number of thiazole rings is 1. The number of rotatable bonds is 4. The van der Waals surface area contributed by atoms with E-state index in [1.165, 1.54) is 18.3 Å². The van der Waals surface area contributed by atoms with Gasteiger partial charge >= 0.3 is 0 Å². The maximum Gasteiger partial charge on any atom is 0.257 e. The lowest BCUT2D eigenvalue weighted by Gasteiger charge is -2.05. The molecule has 0 aliphatic heterocycles. The van der Waals surface area contributed by atoms with Crippen molar-refractivity contribution in [3.8, 4) is 11.3 Å². The van der Waals surface area contributed by atoms with E-state index in [-0.39, 0.29) is 11.8 Å². The van der Waals surface area contributed by atoms with Crippen LogP contribution >= 0.6 is 27.3 Å². The van der Waals surface area contributed by atoms with E-state index in [1.807, 2.05) is 29.6 Å². The molecule has 7 heteroatoms. The predicted octanol–water partition coefficient (Wildman–Crippen LogP) is 4.78. The van der Waals surface area contributed by atoms with Gasteiger partial charge in [-0.3, -0.25) is 14.9 Å². The van der Waals surface area contributed by atoms with Crippen LogP contribution in [0.3, 0.4) is 0 Å². The highest BCUT2D eigenvalue weighted by Crippen LogP contribution is 2.26. The van der Waals surface area contributed by atoms with E-state index in [1.54, 1.807) is 24.3 Å². The lowest BCUT2D eigenvalue weighted by Crippen LogP contribution is -2.13. The van der Waals surface area contributed by atoms with Gasteiger partial charge in [-0.1, -0.05) is 34.1 Å². The topological polar surface area (TPSA) is 71.1 Å². The number of carbonyl (C=O) groups is 2. The number of carbonyl (C=O) groups excluding carboxylic acids is 2. The first-order valence-electron chi connectivity index (χ1n) is 7.42. The van der Waals surface area contributed by atoms with E-state index in [9.17, 15) is 9.59 Å². The number of hydrogen-bond donors (Lipinski definition) is 2. The van der Waals surface area contributed by atoms with Crippen molar-refractivity contribution in [3.05, 3.63) is 63.9 Å². The fourth-order valence-electron chi connectivity index (χ4n) is 2.20.